The summed E-state index contributed by atoms with van der Waals surface area (Å²) in [7, 11) is 0. The van der Waals surface area contributed by atoms with Crippen molar-refractivity contribution in [2.24, 2.45) is 0 Å². The van der Waals surface area contributed by atoms with Gasteiger partial charge in [-0.25, -0.2) is 0 Å². The van der Waals surface area contributed by atoms with Gasteiger partial charge in [-0.2, -0.15) is 0 Å². The molecule has 0 aromatic carbocycles. The van der Waals surface area contributed by atoms with E-state index in [4.69, 9.17) is 0 Å². The molecule has 0 amide bonds. The Morgan fingerprint density at radius 3 is 2.59 bits per heavy atom. The van der Waals surface area contributed by atoms with Crippen LogP contribution in [0.5, 0.6) is 0 Å². The first-order valence-corrected chi connectivity index (χ1v) is 8.85. The standard InChI is InChI=1S/C11H6Br2OS3/c12-9-3-5(11(13)17-9)10(14)8-4-7-6(16-8)1-2-15-7/h1-4,10,14H. The van der Waals surface area contributed by atoms with Crippen molar-refractivity contribution in [3.05, 3.63) is 41.6 Å². The van der Waals surface area contributed by atoms with Crippen molar-refractivity contribution in [3.8, 4) is 0 Å². The Hall–Kier alpha value is 0.280. The van der Waals surface area contributed by atoms with Crippen molar-refractivity contribution >= 4 is 75.3 Å². The molecule has 3 aromatic heterocycles. The van der Waals surface area contributed by atoms with E-state index in [-0.39, 0.29) is 0 Å². The van der Waals surface area contributed by atoms with Crippen molar-refractivity contribution in [2.75, 3.05) is 0 Å². The largest absolute Gasteiger partial charge is 0.383 e. The van der Waals surface area contributed by atoms with Crippen LogP contribution in [0.2, 0.25) is 0 Å². The highest BCUT2D eigenvalue weighted by Gasteiger charge is 2.19. The second kappa shape index (κ2) is 4.75. The molecule has 17 heavy (non-hydrogen) atoms. The monoisotopic (exact) mass is 408 g/mol. The maximum absolute atomic E-state index is 10.4. The van der Waals surface area contributed by atoms with E-state index in [0.29, 0.717) is 0 Å². The van der Waals surface area contributed by atoms with Gasteiger partial charge < -0.3 is 5.11 Å². The lowest BCUT2D eigenvalue weighted by Crippen LogP contribution is -1.95. The first-order chi connectivity index (χ1) is 8.15. The molecule has 0 bridgehead atoms. The van der Waals surface area contributed by atoms with Crippen LogP contribution in [0.25, 0.3) is 9.40 Å². The first-order valence-electron chi connectivity index (χ1n) is 4.75. The van der Waals surface area contributed by atoms with Crippen LogP contribution < -0.4 is 0 Å². The lowest BCUT2D eigenvalue weighted by atomic mass is 10.2. The molecule has 0 aliphatic rings. The number of rotatable bonds is 2. The van der Waals surface area contributed by atoms with E-state index in [0.717, 1.165) is 18.0 Å². The number of hydrogen-bond donors (Lipinski definition) is 1. The summed E-state index contributed by atoms with van der Waals surface area (Å²) < 4.78 is 4.49. The predicted molar refractivity (Wildman–Crippen MR) is 83.5 cm³/mol. The lowest BCUT2D eigenvalue weighted by molar-refractivity contribution is 0.224. The number of halogens is 2. The van der Waals surface area contributed by atoms with Gasteiger partial charge in [-0.1, -0.05) is 0 Å². The zero-order valence-corrected chi connectivity index (χ0v) is 13.9. The zero-order valence-electron chi connectivity index (χ0n) is 8.31. The molecule has 0 spiro atoms. The third kappa shape index (κ3) is 2.27. The van der Waals surface area contributed by atoms with E-state index in [2.05, 4.69) is 49.4 Å². The molecule has 0 saturated heterocycles. The fourth-order valence-electron chi connectivity index (χ4n) is 1.61. The van der Waals surface area contributed by atoms with Crippen molar-refractivity contribution in [1.82, 2.24) is 0 Å². The van der Waals surface area contributed by atoms with Crippen molar-refractivity contribution in [1.29, 1.82) is 0 Å². The number of thiophene rings is 3. The Morgan fingerprint density at radius 2 is 1.94 bits per heavy atom. The van der Waals surface area contributed by atoms with Crippen LogP contribution in [0.3, 0.4) is 0 Å². The Labute approximate surface area is 127 Å². The van der Waals surface area contributed by atoms with Crippen LogP contribution in [0, 0.1) is 0 Å². The Kier molecular flexibility index (Phi) is 3.44. The highest BCUT2D eigenvalue weighted by molar-refractivity contribution is 9.12. The molecule has 1 N–H and O–H groups in total. The molecule has 6 heteroatoms. The molecule has 0 aliphatic heterocycles. The summed E-state index contributed by atoms with van der Waals surface area (Å²) in [6, 6.07) is 6.14. The minimum atomic E-state index is -0.545. The van der Waals surface area contributed by atoms with Gasteiger partial charge in [0, 0.05) is 19.8 Å². The van der Waals surface area contributed by atoms with Gasteiger partial charge in [0.05, 0.1) is 7.57 Å². The summed E-state index contributed by atoms with van der Waals surface area (Å²) in [6.45, 7) is 0. The van der Waals surface area contributed by atoms with Crippen LogP contribution in [0.4, 0.5) is 0 Å². The number of aliphatic hydroxyl groups is 1. The smallest absolute Gasteiger partial charge is 0.115 e. The second-order valence-electron chi connectivity index (χ2n) is 3.48. The number of hydrogen-bond acceptors (Lipinski definition) is 4. The van der Waals surface area contributed by atoms with Gasteiger partial charge in [0.2, 0.25) is 0 Å². The normalized spacial score (nSPS) is 13.4. The maximum Gasteiger partial charge on any atom is 0.115 e. The quantitative estimate of drug-likeness (QED) is 0.581. The maximum atomic E-state index is 10.4. The van der Waals surface area contributed by atoms with E-state index in [1.165, 1.54) is 9.40 Å². The first kappa shape index (κ1) is 12.3. The average molecular weight is 410 g/mol. The van der Waals surface area contributed by atoms with Crippen LogP contribution in [0.15, 0.2) is 31.2 Å². The molecule has 88 valence electrons. The molecule has 1 atom stereocenters. The highest BCUT2D eigenvalue weighted by Crippen LogP contribution is 2.41. The summed E-state index contributed by atoms with van der Waals surface area (Å²) in [5.41, 5.74) is 0.927. The summed E-state index contributed by atoms with van der Waals surface area (Å²) in [5.74, 6) is 0. The molecule has 3 heterocycles. The minimum Gasteiger partial charge on any atom is -0.383 e. The van der Waals surface area contributed by atoms with Crippen LogP contribution >= 0.6 is 65.9 Å². The van der Waals surface area contributed by atoms with Crippen LogP contribution in [-0.2, 0) is 0 Å². The van der Waals surface area contributed by atoms with Gasteiger partial charge in [0.1, 0.15) is 6.10 Å². The number of fused-ring (bicyclic) bond motifs is 1. The average Bonchev–Trinajstić information content (AvgIpc) is 2.90. The third-order valence-corrected chi connectivity index (χ3v) is 6.94. The zero-order chi connectivity index (χ0) is 12.0. The van der Waals surface area contributed by atoms with Crippen molar-refractivity contribution in [3.63, 3.8) is 0 Å². The van der Waals surface area contributed by atoms with Gasteiger partial charge in [-0.15, -0.1) is 34.0 Å². The second-order valence-corrected chi connectivity index (χ2v) is 9.29. The van der Waals surface area contributed by atoms with E-state index in [9.17, 15) is 5.11 Å². The minimum absolute atomic E-state index is 0.545. The molecule has 3 aromatic rings. The molecular formula is C11H6Br2OS3. The van der Waals surface area contributed by atoms with E-state index in [1.807, 2.05) is 6.07 Å². The molecule has 1 unspecified atom stereocenters. The summed E-state index contributed by atoms with van der Waals surface area (Å²) in [5, 5.41) is 12.5. The Bertz CT molecular complexity index is 639. The summed E-state index contributed by atoms with van der Waals surface area (Å²) in [6.07, 6.45) is -0.545. The SMILES string of the molecule is OC(c1cc2sccc2s1)c1cc(Br)sc1Br. The number of aliphatic hydroxyl groups excluding tert-OH is 1. The molecular weight excluding hydrogens is 404 g/mol. The molecule has 1 nitrogen and oxygen atoms in total. The van der Waals surface area contributed by atoms with Crippen molar-refractivity contribution in [2.45, 2.75) is 6.10 Å². The fraction of sp³-hybridized carbons (Fsp3) is 0.0909. The molecule has 3 rings (SSSR count). The van der Waals surface area contributed by atoms with Gasteiger partial charge in [-0.05, 0) is 55.4 Å². The Morgan fingerprint density at radius 1 is 1.12 bits per heavy atom. The van der Waals surface area contributed by atoms with Gasteiger partial charge in [0.25, 0.3) is 0 Å². The highest BCUT2D eigenvalue weighted by atomic mass is 79.9. The van der Waals surface area contributed by atoms with Gasteiger partial charge in [0.15, 0.2) is 0 Å². The van der Waals surface area contributed by atoms with Crippen molar-refractivity contribution < 1.29 is 5.11 Å². The topological polar surface area (TPSA) is 20.2 Å². The fourth-order valence-corrected chi connectivity index (χ4v) is 6.62. The van der Waals surface area contributed by atoms with E-state index >= 15 is 0 Å². The van der Waals surface area contributed by atoms with Crippen LogP contribution in [-0.4, -0.2) is 5.11 Å². The van der Waals surface area contributed by atoms with E-state index in [1.54, 1.807) is 34.0 Å². The lowest BCUT2D eigenvalue weighted by Gasteiger charge is -2.06. The molecule has 0 saturated carbocycles. The third-order valence-electron chi connectivity index (χ3n) is 2.41. The van der Waals surface area contributed by atoms with Crippen LogP contribution in [0.1, 0.15) is 16.5 Å². The molecule has 0 radical (unpaired) electrons. The summed E-state index contributed by atoms with van der Waals surface area (Å²) in [4.78, 5) is 0.998. The molecule has 0 aliphatic carbocycles. The van der Waals surface area contributed by atoms with Gasteiger partial charge >= 0.3 is 0 Å². The van der Waals surface area contributed by atoms with E-state index < -0.39 is 6.10 Å². The molecule has 0 fully saturated rings. The predicted octanol–water partition coefficient (Wildman–Crippen LogP) is 5.63. The van der Waals surface area contributed by atoms with Gasteiger partial charge in [-0.3, -0.25) is 0 Å². The summed E-state index contributed by atoms with van der Waals surface area (Å²) >= 11 is 11.9. The Balaban J connectivity index is 2.04.